The molecule has 2 aromatic heterocycles. The van der Waals surface area contributed by atoms with Crippen LogP contribution in [0.15, 0.2) is 41.2 Å². The van der Waals surface area contributed by atoms with Gasteiger partial charge in [0.05, 0.1) is 0 Å². The van der Waals surface area contributed by atoms with Gasteiger partial charge in [0.2, 0.25) is 5.78 Å². The highest BCUT2D eigenvalue weighted by molar-refractivity contribution is 5.31. The predicted molar refractivity (Wildman–Crippen MR) is 81.5 cm³/mol. The molecule has 1 aromatic carbocycles. The number of fused-ring (bicyclic) bond motifs is 1. The monoisotopic (exact) mass is 282 g/mol. The van der Waals surface area contributed by atoms with Gasteiger partial charge in [0.25, 0.3) is 5.56 Å². The van der Waals surface area contributed by atoms with E-state index in [0.717, 1.165) is 37.2 Å². The molecule has 0 saturated carbocycles. The van der Waals surface area contributed by atoms with Crippen molar-refractivity contribution in [1.29, 1.82) is 0 Å². The summed E-state index contributed by atoms with van der Waals surface area (Å²) in [5, 5.41) is 8.33. The summed E-state index contributed by atoms with van der Waals surface area (Å²) < 4.78 is 1.98. The zero-order valence-electron chi connectivity index (χ0n) is 12.0. The van der Waals surface area contributed by atoms with E-state index in [-0.39, 0.29) is 5.56 Å². The summed E-state index contributed by atoms with van der Waals surface area (Å²) in [6.07, 6.45) is 3.53. The van der Waals surface area contributed by atoms with Crippen molar-refractivity contribution in [3.05, 3.63) is 63.8 Å². The largest absolute Gasteiger partial charge is 0.291 e. The normalized spacial score (nSPS) is 11.1. The number of hydrogen-bond donors (Lipinski definition) is 1. The van der Waals surface area contributed by atoms with Crippen LogP contribution in [0.3, 0.4) is 0 Å². The van der Waals surface area contributed by atoms with Crippen LogP contribution in [-0.2, 0) is 19.3 Å². The van der Waals surface area contributed by atoms with E-state index in [2.05, 4.69) is 34.2 Å². The standard InChI is InChI=1S/C16H18N4O/c1-2-6-13-11-15(21)17-16-19-18-14(20(13)16)10-9-12-7-4-3-5-8-12/h3-5,7-8,11H,2,6,9-10H2,1H3,(H,17,19,21). The summed E-state index contributed by atoms with van der Waals surface area (Å²) in [6, 6.07) is 12.0. The van der Waals surface area contributed by atoms with Crippen LogP contribution in [0, 0.1) is 0 Å². The van der Waals surface area contributed by atoms with Crippen molar-refractivity contribution in [1.82, 2.24) is 19.6 Å². The van der Waals surface area contributed by atoms with Crippen LogP contribution in [-0.4, -0.2) is 19.6 Å². The second-order valence-corrected chi connectivity index (χ2v) is 5.14. The van der Waals surface area contributed by atoms with E-state index in [0.29, 0.717) is 5.78 Å². The topological polar surface area (TPSA) is 63.0 Å². The van der Waals surface area contributed by atoms with Gasteiger partial charge in [-0.05, 0) is 18.4 Å². The summed E-state index contributed by atoms with van der Waals surface area (Å²) in [5.74, 6) is 1.43. The molecule has 0 aliphatic rings. The van der Waals surface area contributed by atoms with Crippen LogP contribution in [0.1, 0.15) is 30.4 Å². The van der Waals surface area contributed by atoms with E-state index in [9.17, 15) is 4.79 Å². The Bertz CT molecular complexity index is 789. The molecule has 0 bridgehead atoms. The Balaban J connectivity index is 1.93. The molecule has 0 spiro atoms. The molecular weight excluding hydrogens is 264 g/mol. The highest BCUT2D eigenvalue weighted by Crippen LogP contribution is 2.10. The van der Waals surface area contributed by atoms with E-state index < -0.39 is 0 Å². The van der Waals surface area contributed by atoms with Crippen molar-refractivity contribution in [3.63, 3.8) is 0 Å². The minimum absolute atomic E-state index is 0.118. The van der Waals surface area contributed by atoms with Gasteiger partial charge in [-0.2, -0.15) is 0 Å². The molecule has 0 aliphatic carbocycles. The molecule has 2 heterocycles. The lowest BCUT2D eigenvalue weighted by atomic mass is 10.1. The van der Waals surface area contributed by atoms with Crippen LogP contribution in [0.25, 0.3) is 5.78 Å². The molecular formula is C16H18N4O. The second kappa shape index (κ2) is 5.91. The van der Waals surface area contributed by atoms with E-state index in [1.165, 1.54) is 5.56 Å². The number of aryl methyl sites for hydroxylation is 3. The number of aromatic nitrogens is 4. The van der Waals surface area contributed by atoms with Gasteiger partial charge in [-0.1, -0.05) is 43.7 Å². The SMILES string of the molecule is CCCc1cc(=O)[nH]c2nnc(CCc3ccccc3)n12. The van der Waals surface area contributed by atoms with Crippen molar-refractivity contribution in [3.8, 4) is 0 Å². The molecule has 5 nitrogen and oxygen atoms in total. The van der Waals surface area contributed by atoms with E-state index in [1.807, 2.05) is 22.6 Å². The van der Waals surface area contributed by atoms with Crippen molar-refractivity contribution < 1.29 is 0 Å². The lowest BCUT2D eigenvalue weighted by Crippen LogP contribution is -2.13. The maximum Gasteiger partial charge on any atom is 0.252 e. The molecule has 108 valence electrons. The zero-order valence-corrected chi connectivity index (χ0v) is 12.0. The molecule has 3 aromatic rings. The second-order valence-electron chi connectivity index (χ2n) is 5.14. The number of rotatable bonds is 5. The third-order valence-electron chi connectivity index (χ3n) is 3.54. The number of nitrogens with one attached hydrogen (secondary N) is 1. The van der Waals surface area contributed by atoms with Crippen molar-refractivity contribution in [2.45, 2.75) is 32.6 Å². The quantitative estimate of drug-likeness (QED) is 0.780. The molecule has 0 saturated heterocycles. The number of benzene rings is 1. The third-order valence-corrected chi connectivity index (χ3v) is 3.54. The molecule has 0 aliphatic heterocycles. The molecule has 0 unspecified atom stereocenters. The lowest BCUT2D eigenvalue weighted by Gasteiger charge is -2.06. The molecule has 0 radical (unpaired) electrons. The molecule has 0 atom stereocenters. The van der Waals surface area contributed by atoms with E-state index in [4.69, 9.17) is 0 Å². The number of H-pyrrole nitrogens is 1. The average molecular weight is 282 g/mol. The average Bonchev–Trinajstić information content (AvgIpc) is 2.89. The fraction of sp³-hybridized carbons (Fsp3) is 0.312. The van der Waals surface area contributed by atoms with Crippen molar-refractivity contribution in [2.24, 2.45) is 0 Å². The van der Waals surface area contributed by atoms with Gasteiger partial charge in [-0.15, -0.1) is 10.2 Å². The van der Waals surface area contributed by atoms with Crippen LogP contribution in [0.4, 0.5) is 0 Å². The minimum atomic E-state index is -0.118. The Morgan fingerprint density at radius 1 is 1.10 bits per heavy atom. The van der Waals surface area contributed by atoms with E-state index >= 15 is 0 Å². The first kappa shape index (κ1) is 13.5. The predicted octanol–water partition coefficient (Wildman–Crippen LogP) is 2.16. The van der Waals surface area contributed by atoms with Gasteiger partial charge >= 0.3 is 0 Å². The molecule has 0 fully saturated rings. The number of aromatic amines is 1. The van der Waals surface area contributed by atoms with Crippen molar-refractivity contribution in [2.75, 3.05) is 0 Å². The first-order chi connectivity index (χ1) is 10.3. The third kappa shape index (κ3) is 2.86. The summed E-state index contributed by atoms with van der Waals surface area (Å²) in [4.78, 5) is 14.4. The Kier molecular flexibility index (Phi) is 3.81. The Morgan fingerprint density at radius 2 is 1.90 bits per heavy atom. The highest BCUT2D eigenvalue weighted by Gasteiger charge is 2.10. The van der Waals surface area contributed by atoms with Crippen LogP contribution >= 0.6 is 0 Å². The Morgan fingerprint density at radius 3 is 2.67 bits per heavy atom. The Hall–Kier alpha value is -2.43. The zero-order chi connectivity index (χ0) is 14.7. The van der Waals surface area contributed by atoms with Crippen LogP contribution in [0.5, 0.6) is 0 Å². The van der Waals surface area contributed by atoms with Gasteiger partial charge in [0, 0.05) is 18.2 Å². The van der Waals surface area contributed by atoms with Gasteiger partial charge < -0.3 is 0 Å². The van der Waals surface area contributed by atoms with Gasteiger partial charge in [0.1, 0.15) is 5.82 Å². The highest BCUT2D eigenvalue weighted by atomic mass is 16.1. The van der Waals surface area contributed by atoms with Crippen LogP contribution in [0.2, 0.25) is 0 Å². The number of hydrogen-bond acceptors (Lipinski definition) is 3. The minimum Gasteiger partial charge on any atom is -0.291 e. The summed E-state index contributed by atoms with van der Waals surface area (Å²) >= 11 is 0. The summed E-state index contributed by atoms with van der Waals surface area (Å²) in [6.45, 7) is 2.10. The summed E-state index contributed by atoms with van der Waals surface area (Å²) in [5.41, 5.74) is 2.13. The van der Waals surface area contributed by atoms with Gasteiger partial charge in [-0.3, -0.25) is 14.2 Å². The smallest absolute Gasteiger partial charge is 0.252 e. The molecule has 1 N–H and O–H groups in total. The maximum absolute atomic E-state index is 11.6. The van der Waals surface area contributed by atoms with Gasteiger partial charge in [-0.25, -0.2) is 0 Å². The van der Waals surface area contributed by atoms with Crippen molar-refractivity contribution >= 4 is 5.78 Å². The van der Waals surface area contributed by atoms with E-state index in [1.54, 1.807) is 6.07 Å². The summed E-state index contributed by atoms with van der Waals surface area (Å²) in [7, 11) is 0. The fourth-order valence-electron chi connectivity index (χ4n) is 2.56. The lowest BCUT2D eigenvalue weighted by molar-refractivity contribution is 0.785. The van der Waals surface area contributed by atoms with Crippen LogP contribution < -0.4 is 5.56 Å². The number of nitrogens with zero attached hydrogens (tertiary/aromatic N) is 3. The van der Waals surface area contributed by atoms with Gasteiger partial charge in [0.15, 0.2) is 0 Å². The maximum atomic E-state index is 11.6. The first-order valence-electron chi connectivity index (χ1n) is 7.28. The molecule has 0 amide bonds. The molecule has 5 heteroatoms. The molecule has 3 rings (SSSR count). The Labute approximate surface area is 122 Å². The fourth-order valence-corrected chi connectivity index (χ4v) is 2.56. The molecule has 21 heavy (non-hydrogen) atoms. The first-order valence-corrected chi connectivity index (χ1v) is 7.28.